The Balaban J connectivity index is 1.17. The molecule has 33 heavy (non-hydrogen) atoms. The number of benzene rings is 1. The number of thiazole rings is 1. The van der Waals surface area contributed by atoms with E-state index in [1.807, 2.05) is 53.0 Å². The molecule has 1 aliphatic rings. The summed E-state index contributed by atoms with van der Waals surface area (Å²) in [7, 11) is 0. The molecule has 4 aromatic heterocycles. The minimum Gasteiger partial charge on any atom is -0.358 e. The van der Waals surface area contributed by atoms with Crippen molar-refractivity contribution in [3.63, 3.8) is 0 Å². The Morgan fingerprint density at radius 2 is 2.09 bits per heavy atom. The van der Waals surface area contributed by atoms with Gasteiger partial charge in [-0.15, -0.1) is 11.3 Å². The van der Waals surface area contributed by atoms with Crippen LogP contribution in [-0.2, 0) is 11.3 Å². The highest BCUT2D eigenvalue weighted by Crippen LogP contribution is 2.34. The van der Waals surface area contributed by atoms with Gasteiger partial charge in [-0.1, -0.05) is 12.1 Å². The Labute approximate surface area is 193 Å². The van der Waals surface area contributed by atoms with Crippen LogP contribution in [0, 0.1) is 0 Å². The van der Waals surface area contributed by atoms with Gasteiger partial charge in [0.15, 0.2) is 11.5 Å². The summed E-state index contributed by atoms with van der Waals surface area (Å²) in [6, 6.07) is 11.9. The third kappa shape index (κ3) is 3.62. The lowest BCUT2D eigenvalue weighted by Crippen LogP contribution is -2.54. The fourth-order valence-corrected chi connectivity index (χ4v) is 5.25. The number of H-pyrrole nitrogens is 1. The van der Waals surface area contributed by atoms with Gasteiger partial charge in [-0.3, -0.25) is 9.48 Å². The summed E-state index contributed by atoms with van der Waals surface area (Å²) in [6.45, 7) is 4.44. The van der Waals surface area contributed by atoms with Crippen LogP contribution in [-0.4, -0.2) is 66.2 Å². The first kappa shape index (κ1) is 19.9. The molecular formula is C23H22N8OS. The molecule has 6 rings (SSSR count). The second-order valence-corrected chi connectivity index (χ2v) is 9.07. The number of imidazole rings is 1. The maximum Gasteiger partial charge on any atom is 0.244 e. The number of pyridine rings is 1. The van der Waals surface area contributed by atoms with E-state index in [0.29, 0.717) is 12.2 Å². The first-order valence-electron chi connectivity index (χ1n) is 10.9. The van der Waals surface area contributed by atoms with Gasteiger partial charge in [0.2, 0.25) is 5.91 Å². The quantitative estimate of drug-likeness (QED) is 0.444. The van der Waals surface area contributed by atoms with E-state index in [1.165, 1.54) is 0 Å². The van der Waals surface area contributed by atoms with Gasteiger partial charge in [0, 0.05) is 43.5 Å². The Morgan fingerprint density at radius 1 is 1.18 bits per heavy atom. The van der Waals surface area contributed by atoms with Gasteiger partial charge < -0.3 is 14.8 Å². The van der Waals surface area contributed by atoms with Crippen molar-refractivity contribution < 1.29 is 4.79 Å². The lowest BCUT2D eigenvalue weighted by molar-refractivity contribution is -0.134. The Hall–Kier alpha value is -3.79. The minimum absolute atomic E-state index is 0.0665. The zero-order valence-corrected chi connectivity index (χ0v) is 18.9. The molecule has 0 saturated carbocycles. The van der Waals surface area contributed by atoms with Gasteiger partial charge in [0.05, 0.1) is 16.5 Å². The predicted molar refractivity (Wildman–Crippen MR) is 128 cm³/mol. The molecular weight excluding hydrogens is 436 g/mol. The molecule has 10 heteroatoms. The van der Waals surface area contributed by atoms with Crippen molar-refractivity contribution in [3.05, 3.63) is 54.3 Å². The lowest BCUT2D eigenvalue weighted by atomic mass is 10.2. The highest BCUT2D eigenvalue weighted by atomic mass is 32.1. The van der Waals surface area contributed by atoms with Crippen LogP contribution in [0.2, 0.25) is 0 Å². The standard InChI is InChI=1S/C23H22N8OS/c1-15-11-29(23-20(25-14-33-23)22-26-17-6-2-3-7-18(17)27-22)9-10-31(15)19(32)13-30-12-16-5-4-8-24-21(16)28-30/h2-8,12,14-15H,9-11,13H2,1H3,(H,26,27). The fraction of sp³-hybridized carbons (Fsp3) is 0.261. The second-order valence-electron chi connectivity index (χ2n) is 8.23. The molecule has 5 heterocycles. The highest BCUT2D eigenvalue weighted by Gasteiger charge is 2.30. The molecule has 1 fully saturated rings. The molecule has 1 aromatic carbocycles. The molecule has 1 aliphatic heterocycles. The number of nitrogens with one attached hydrogen (secondary N) is 1. The van der Waals surface area contributed by atoms with E-state index in [1.54, 1.807) is 22.2 Å². The molecule has 0 aliphatic carbocycles. The molecule has 0 spiro atoms. The van der Waals surface area contributed by atoms with Crippen molar-refractivity contribution in [2.24, 2.45) is 0 Å². The topological polar surface area (TPSA) is 95.8 Å². The Morgan fingerprint density at radius 3 is 2.94 bits per heavy atom. The molecule has 1 unspecified atom stereocenters. The summed E-state index contributed by atoms with van der Waals surface area (Å²) in [6.07, 6.45) is 3.58. The molecule has 166 valence electrons. The third-order valence-corrected chi connectivity index (χ3v) is 6.91. The first-order valence-corrected chi connectivity index (χ1v) is 11.7. The number of aromatic amines is 1. The van der Waals surface area contributed by atoms with E-state index in [-0.39, 0.29) is 18.5 Å². The summed E-state index contributed by atoms with van der Waals surface area (Å²) in [5, 5.41) is 6.44. The number of nitrogens with zero attached hydrogens (tertiary/aromatic N) is 7. The fourth-order valence-electron chi connectivity index (χ4n) is 4.42. The van der Waals surface area contributed by atoms with Crippen molar-refractivity contribution in [2.45, 2.75) is 19.5 Å². The minimum atomic E-state index is 0.0665. The molecule has 9 nitrogen and oxygen atoms in total. The number of carbonyl (C=O) groups is 1. The van der Waals surface area contributed by atoms with Gasteiger partial charge in [-0.25, -0.2) is 15.0 Å². The summed E-state index contributed by atoms with van der Waals surface area (Å²) >= 11 is 1.61. The predicted octanol–water partition coefficient (Wildman–Crippen LogP) is 3.17. The summed E-state index contributed by atoms with van der Waals surface area (Å²) in [5.41, 5.74) is 5.30. The van der Waals surface area contributed by atoms with Gasteiger partial charge in [-0.2, -0.15) is 5.10 Å². The zero-order valence-electron chi connectivity index (χ0n) is 18.0. The van der Waals surface area contributed by atoms with Crippen LogP contribution in [0.25, 0.3) is 33.6 Å². The number of fused-ring (bicyclic) bond motifs is 2. The average Bonchev–Trinajstić information content (AvgIpc) is 3.55. The summed E-state index contributed by atoms with van der Waals surface area (Å²) < 4.78 is 1.68. The average molecular weight is 459 g/mol. The number of aromatic nitrogens is 6. The Bertz CT molecular complexity index is 1390. The van der Waals surface area contributed by atoms with E-state index in [9.17, 15) is 4.79 Å². The van der Waals surface area contributed by atoms with Crippen molar-refractivity contribution in [3.8, 4) is 11.5 Å². The highest BCUT2D eigenvalue weighted by molar-refractivity contribution is 7.14. The summed E-state index contributed by atoms with van der Waals surface area (Å²) in [4.78, 5) is 34.2. The van der Waals surface area contributed by atoms with Gasteiger partial charge in [0.25, 0.3) is 0 Å². The number of hydrogen-bond acceptors (Lipinski definition) is 7. The van der Waals surface area contributed by atoms with Crippen LogP contribution >= 0.6 is 11.3 Å². The van der Waals surface area contributed by atoms with Gasteiger partial charge >= 0.3 is 0 Å². The van der Waals surface area contributed by atoms with Crippen LogP contribution in [0.15, 0.2) is 54.3 Å². The van der Waals surface area contributed by atoms with E-state index >= 15 is 0 Å². The number of para-hydroxylation sites is 2. The molecule has 5 aromatic rings. The molecule has 1 atom stereocenters. The van der Waals surface area contributed by atoms with Crippen molar-refractivity contribution in [1.82, 2.24) is 34.6 Å². The maximum absolute atomic E-state index is 13.0. The monoisotopic (exact) mass is 458 g/mol. The number of piperazine rings is 1. The van der Waals surface area contributed by atoms with Crippen molar-refractivity contribution >= 4 is 44.3 Å². The molecule has 1 N–H and O–H groups in total. The van der Waals surface area contributed by atoms with Crippen molar-refractivity contribution in [2.75, 3.05) is 24.5 Å². The smallest absolute Gasteiger partial charge is 0.244 e. The number of anilines is 1. The molecule has 0 radical (unpaired) electrons. The third-order valence-electron chi connectivity index (χ3n) is 6.02. The molecule has 0 bridgehead atoms. The molecule has 1 saturated heterocycles. The van der Waals surface area contributed by atoms with Crippen LogP contribution in [0.5, 0.6) is 0 Å². The van der Waals surface area contributed by atoms with E-state index in [4.69, 9.17) is 4.98 Å². The van der Waals surface area contributed by atoms with Crippen LogP contribution in [0.3, 0.4) is 0 Å². The maximum atomic E-state index is 13.0. The van der Waals surface area contributed by atoms with Crippen LogP contribution in [0.1, 0.15) is 6.92 Å². The molecule has 1 amide bonds. The van der Waals surface area contributed by atoms with Crippen LogP contribution < -0.4 is 4.90 Å². The SMILES string of the molecule is CC1CN(c2scnc2-c2nc3ccccc3[nH]2)CCN1C(=O)Cn1cc2cccnc2n1. The second kappa shape index (κ2) is 7.96. The lowest BCUT2D eigenvalue weighted by Gasteiger charge is -2.40. The van der Waals surface area contributed by atoms with Crippen molar-refractivity contribution in [1.29, 1.82) is 0 Å². The van der Waals surface area contributed by atoms with Gasteiger partial charge in [0.1, 0.15) is 17.2 Å². The zero-order chi connectivity index (χ0) is 22.4. The first-order chi connectivity index (χ1) is 16.2. The number of amides is 1. The van der Waals surface area contributed by atoms with Crippen LogP contribution in [0.4, 0.5) is 5.00 Å². The van der Waals surface area contributed by atoms with E-state index in [0.717, 1.165) is 46.0 Å². The normalized spacial score (nSPS) is 16.7. The number of hydrogen-bond donors (Lipinski definition) is 1. The summed E-state index contributed by atoms with van der Waals surface area (Å²) in [5.74, 6) is 0.842. The largest absolute Gasteiger partial charge is 0.358 e. The van der Waals surface area contributed by atoms with E-state index in [2.05, 4.69) is 31.9 Å². The van der Waals surface area contributed by atoms with Gasteiger partial charge in [-0.05, 0) is 31.2 Å². The van der Waals surface area contributed by atoms with E-state index < -0.39 is 0 Å². The number of rotatable bonds is 4. The number of carbonyl (C=O) groups excluding carboxylic acids is 1. The Kier molecular flexibility index (Phi) is 4.79.